The van der Waals surface area contributed by atoms with E-state index in [1.165, 1.54) is 0 Å². The highest BCUT2D eigenvalue weighted by Crippen LogP contribution is 2.33. The number of nitrogens with zero attached hydrogens (tertiary/aromatic N) is 2. The summed E-state index contributed by atoms with van der Waals surface area (Å²) in [5.41, 5.74) is 7.83. The number of hydrogen-bond acceptors (Lipinski definition) is 6. The Morgan fingerprint density at radius 1 is 1.33 bits per heavy atom. The average molecular weight is 341 g/mol. The van der Waals surface area contributed by atoms with Gasteiger partial charge in [-0.3, -0.25) is 15.8 Å². The van der Waals surface area contributed by atoms with Gasteiger partial charge in [-0.1, -0.05) is 24.3 Å². The number of benzene rings is 1. The Balaban J connectivity index is 1.88. The number of thiocarbonyl (C=S) groups is 1. The smallest absolute Gasteiger partial charge is 0.339 e. The Kier molecular flexibility index (Phi) is 4.78. The number of aromatic nitrogens is 1. The van der Waals surface area contributed by atoms with E-state index in [9.17, 15) is 4.79 Å². The van der Waals surface area contributed by atoms with Crippen LogP contribution in [0.25, 0.3) is 0 Å². The minimum Gasteiger partial charge on any atom is -0.453 e. The number of hydrogen-bond donors (Lipinski definition) is 3. The van der Waals surface area contributed by atoms with Crippen molar-refractivity contribution in [3.63, 3.8) is 0 Å². The van der Waals surface area contributed by atoms with E-state index >= 15 is 0 Å². The Bertz CT molecular complexity index is 794. The third-order valence-electron chi connectivity index (χ3n) is 3.57. The van der Waals surface area contributed by atoms with E-state index in [0.717, 1.165) is 11.1 Å². The zero-order valence-electron chi connectivity index (χ0n) is 12.6. The van der Waals surface area contributed by atoms with Gasteiger partial charge in [0.2, 0.25) is 5.11 Å². The molecule has 0 aliphatic carbocycles. The summed E-state index contributed by atoms with van der Waals surface area (Å²) in [5, 5.41) is 4.46. The highest BCUT2D eigenvalue weighted by atomic mass is 32.1. The van der Waals surface area contributed by atoms with Crippen LogP contribution in [0, 0.1) is 0 Å². The molecule has 0 fully saturated rings. The molecule has 0 amide bonds. The molecule has 2 heterocycles. The fraction of sp³-hybridized carbons (Fsp3) is 0.125. The van der Waals surface area contributed by atoms with Crippen molar-refractivity contribution < 1.29 is 9.53 Å². The third kappa shape index (κ3) is 3.39. The maximum Gasteiger partial charge on any atom is 0.339 e. The topological polar surface area (TPSA) is 102 Å². The number of carbonyl (C=O) groups is 1. The zero-order valence-corrected chi connectivity index (χ0v) is 13.4. The second kappa shape index (κ2) is 7.16. The normalized spacial score (nSPS) is 16.3. The first kappa shape index (κ1) is 16.0. The zero-order chi connectivity index (χ0) is 16.9. The summed E-state index contributed by atoms with van der Waals surface area (Å²) < 4.78 is 5.48. The number of carbonyl (C=O) groups excluding carboxylic acids is 1. The van der Waals surface area contributed by atoms with Crippen LogP contribution in [0.3, 0.4) is 0 Å². The lowest BCUT2D eigenvalue weighted by Gasteiger charge is -2.13. The highest BCUT2D eigenvalue weighted by Gasteiger charge is 2.31. The van der Waals surface area contributed by atoms with Crippen molar-refractivity contribution in [2.24, 2.45) is 10.9 Å². The van der Waals surface area contributed by atoms with Crippen LogP contribution >= 0.6 is 12.2 Å². The largest absolute Gasteiger partial charge is 0.453 e. The van der Waals surface area contributed by atoms with Gasteiger partial charge in [-0.2, -0.15) is 5.10 Å². The molecule has 0 bridgehead atoms. The van der Waals surface area contributed by atoms with Crippen molar-refractivity contribution in [3.8, 4) is 0 Å². The Morgan fingerprint density at radius 2 is 2.17 bits per heavy atom. The molecule has 1 unspecified atom stereocenters. The summed E-state index contributed by atoms with van der Waals surface area (Å²) in [6, 6.07) is 11.0. The lowest BCUT2D eigenvalue weighted by molar-refractivity contribution is 0.0400. The molecule has 122 valence electrons. The van der Waals surface area contributed by atoms with Crippen molar-refractivity contribution in [2.45, 2.75) is 12.5 Å². The van der Waals surface area contributed by atoms with Gasteiger partial charge in [0.05, 0.1) is 11.3 Å². The SMILES string of the molecule is NNC(=S)N/N=C(/CC1OC(=O)c2ccccc21)c1cccnc1. The Labute approximate surface area is 143 Å². The molecule has 0 saturated heterocycles. The summed E-state index contributed by atoms with van der Waals surface area (Å²) in [7, 11) is 0. The van der Waals surface area contributed by atoms with E-state index in [-0.39, 0.29) is 11.1 Å². The molecule has 8 heteroatoms. The number of pyridine rings is 1. The summed E-state index contributed by atoms with van der Waals surface area (Å²) in [6.45, 7) is 0. The van der Waals surface area contributed by atoms with Crippen LogP contribution in [0.2, 0.25) is 0 Å². The minimum atomic E-state index is -0.408. The number of fused-ring (bicyclic) bond motifs is 1. The molecule has 24 heavy (non-hydrogen) atoms. The van der Waals surface area contributed by atoms with Crippen molar-refractivity contribution in [2.75, 3.05) is 0 Å². The number of nitrogens with one attached hydrogen (secondary N) is 2. The van der Waals surface area contributed by atoms with E-state index in [0.29, 0.717) is 17.7 Å². The number of cyclic esters (lactones) is 1. The van der Waals surface area contributed by atoms with Gasteiger partial charge in [-0.05, 0) is 24.4 Å². The van der Waals surface area contributed by atoms with Gasteiger partial charge < -0.3 is 4.74 Å². The summed E-state index contributed by atoms with van der Waals surface area (Å²) in [4.78, 5) is 16.1. The molecule has 1 aromatic carbocycles. The molecule has 1 aromatic heterocycles. The predicted molar refractivity (Wildman–Crippen MR) is 93.0 cm³/mol. The van der Waals surface area contributed by atoms with Gasteiger partial charge >= 0.3 is 5.97 Å². The maximum absolute atomic E-state index is 12.0. The van der Waals surface area contributed by atoms with E-state index in [1.807, 2.05) is 24.3 Å². The van der Waals surface area contributed by atoms with Crippen molar-refractivity contribution >= 4 is 29.0 Å². The van der Waals surface area contributed by atoms with E-state index in [4.69, 9.17) is 22.8 Å². The number of esters is 1. The molecule has 1 aliphatic rings. The van der Waals surface area contributed by atoms with Crippen molar-refractivity contribution in [1.29, 1.82) is 0 Å². The van der Waals surface area contributed by atoms with Crippen LogP contribution in [-0.4, -0.2) is 21.8 Å². The van der Waals surface area contributed by atoms with Crippen LogP contribution in [0.5, 0.6) is 0 Å². The first-order chi connectivity index (χ1) is 11.7. The van der Waals surface area contributed by atoms with Crippen LogP contribution < -0.4 is 16.7 Å². The molecular weight excluding hydrogens is 326 g/mol. The molecule has 4 N–H and O–H groups in total. The fourth-order valence-electron chi connectivity index (χ4n) is 2.46. The van der Waals surface area contributed by atoms with Crippen LogP contribution in [0.1, 0.15) is 34.0 Å². The van der Waals surface area contributed by atoms with Gasteiger partial charge in [0.25, 0.3) is 0 Å². The number of hydrazone groups is 1. The molecular formula is C16H15N5O2S. The molecule has 0 spiro atoms. The van der Waals surface area contributed by atoms with Gasteiger partial charge in [-0.25, -0.2) is 10.6 Å². The van der Waals surface area contributed by atoms with E-state index in [2.05, 4.69) is 20.9 Å². The maximum atomic E-state index is 12.0. The van der Waals surface area contributed by atoms with E-state index < -0.39 is 6.10 Å². The van der Waals surface area contributed by atoms with Crippen LogP contribution in [0.15, 0.2) is 53.9 Å². The molecule has 1 aliphatic heterocycles. The molecule has 7 nitrogen and oxygen atoms in total. The summed E-state index contributed by atoms with van der Waals surface area (Å²) in [6.07, 6.45) is 3.33. The molecule has 2 aromatic rings. The van der Waals surface area contributed by atoms with Gasteiger partial charge in [-0.15, -0.1) is 0 Å². The average Bonchev–Trinajstić information content (AvgIpc) is 2.95. The second-order valence-corrected chi connectivity index (χ2v) is 5.48. The molecule has 1 atom stereocenters. The van der Waals surface area contributed by atoms with Crippen molar-refractivity contribution in [1.82, 2.24) is 15.8 Å². The van der Waals surface area contributed by atoms with Crippen LogP contribution in [0.4, 0.5) is 0 Å². The lowest BCUT2D eigenvalue weighted by Crippen LogP contribution is -2.37. The Hall–Kier alpha value is -2.84. The van der Waals surface area contributed by atoms with Gasteiger partial charge in [0, 0.05) is 29.9 Å². The summed E-state index contributed by atoms with van der Waals surface area (Å²) in [5.74, 6) is 4.91. The lowest BCUT2D eigenvalue weighted by atomic mass is 9.99. The summed E-state index contributed by atoms with van der Waals surface area (Å²) >= 11 is 4.93. The predicted octanol–water partition coefficient (Wildman–Crippen LogP) is 1.43. The van der Waals surface area contributed by atoms with Crippen LogP contribution in [-0.2, 0) is 4.74 Å². The third-order valence-corrected chi connectivity index (χ3v) is 3.78. The molecule has 3 rings (SSSR count). The van der Waals surface area contributed by atoms with Crippen molar-refractivity contribution in [3.05, 3.63) is 65.5 Å². The monoisotopic (exact) mass is 341 g/mol. The fourth-order valence-corrected chi connectivity index (χ4v) is 2.50. The minimum absolute atomic E-state index is 0.181. The first-order valence-electron chi connectivity index (χ1n) is 7.22. The first-order valence-corrected chi connectivity index (χ1v) is 7.63. The standard InChI is InChI=1S/C16H15N5O2S/c17-19-16(24)21-20-13(10-4-3-7-18-9-10)8-14-11-5-1-2-6-12(11)15(22)23-14/h1-7,9,14H,8,17H2,(H2,19,21,24)/b20-13-. The highest BCUT2D eigenvalue weighted by molar-refractivity contribution is 7.80. The number of ether oxygens (including phenoxy) is 1. The number of hydrazine groups is 1. The number of rotatable bonds is 4. The molecule has 0 saturated carbocycles. The quantitative estimate of drug-likeness (QED) is 0.254. The number of nitrogens with two attached hydrogens (primary N) is 1. The van der Waals surface area contributed by atoms with E-state index in [1.54, 1.807) is 24.5 Å². The Morgan fingerprint density at radius 3 is 2.92 bits per heavy atom. The second-order valence-electron chi connectivity index (χ2n) is 5.07. The molecule has 0 radical (unpaired) electrons. The van der Waals surface area contributed by atoms with Gasteiger partial charge in [0.15, 0.2) is 0 Å². The van der Waals surface area contributed by atoms with Gasteiger partial charge in [0.1, 0.15) is 6.10 Å².